The smallest absolute Gasteiger partial charge is 0.335 e. The van der Waals surface area contributed by atoms with Crippen molar-refractivity contribution in [2.75, 3.05) is 32.7 Å². The summed E-state index contributed by atoms with van der Waals surface area (Å²) in [5.41, 5.74) is -0.745. The molecule has 2 fully saturated rings. The van der Waals surface area contributed by atoms with E-state index >= 15 is 0 Å². The summed E-state index contributed by atoms with van der Waals surface area (Å²) < 4.78 is 83.3. The highest BCUT2D eigenvalue weighted by Gasteiger charge is 2.40. The average molecular weight is 630 g/mol. The number of benzene rings is 2. The molecule has 6 rings (SSSR count). The summed E-state index contributed by atoms with van der Waals surface area (Å²) in [7, 11) is 0. The number of nitrogens with zero attached hydrogens (tertiary/aromatic N) is 5. The quantitative estimate of drug-likeness (QED) is 0.232. The molecule has 4 aromatic rings. The number of aromatic nitrogens is 2. The Bertz CT molecular complexity index is 1560. The van der Waals surface area contributed by atoms with Crippen molar-refractivity contribution in [1.82, 2.24) is 24.1 Å². The number of imidazole rings is 1. The molecule has 0 spiro atoms. The predicted octanol–water partition coefficient (Wildman–Crippen LogP) is 6.41. The van der Waals surface area contributed by atoms with Crippen LogP contribution in [0.25, 0.3) is 5.65 Å². The van der Waals surface area contributed by atoms with Crippen molar-refractivity contribution in [1.29, 1.82) is 0 Å². The molecule has 2 aromatic carbocycles. The number of carbonyl (C=O) groups is 1. The molecule has 2 aliphatic rings. The van der Waals surface area contributed by atoms with Crippen LogP contribution in [0.15, 0.2) is 79.1 Å². The Morgan fingerprint density at radius 2 is 1.49 bits per heavy atom. The molecule has 0 radical (unpaired) electrons. The average Bonchev–Trinajstić information content (AvgIpc) is 3.43. The summed E-state index contributed by atoms with van der Waals surface area (Å²) in [5, 5.41) is 0. The zero-order valence-electron chi connectivity index (χ0n) is 24.4. The summed E-state index contributed by atoms with van der Waals surface area (Å²) in [6.07, 6.45) is -4.46. The van der Waals surface area contributed by atoms with E-state index in [1.807, 2.05) is 65.3 Å². The summed E-state index contributed by atoms with van der Waals surface area (Å²) in [6.45, 7) is 4.26. The van der Waals surface area contributed by atoms with E-state index in [0.29, 0.717) is 31.4 Å². The van der Waals surface area contributed by atoms with E-state index in [2.05, 4.69) is 9.80 Å². The van der Waals surface area contributed by atoms with Crippen molar-refractivity contribution in [3.05, 3.63) is 107 Å². The van der Waals surface area contributed by atoms with Gasteiger partial charge in [0.1, 0.15) is 5.65 Å². The third kappa shape index (κ3) is 7.17. The molecule has 4 heterocycles. The normalized spacial score (nSPS) is 20.5. The number of amides is 1. The van der Waals surface area contributed by atoms with E-state index in [9.17, 15) is 31.1 Å². The Morgan fingerprint density at radius 3 is 2.13 bits per heavy atom. The van der Waals surface area contributed by atoms with Gasteiger partial charge in [0.25, 0.3) is 5.91 Å². The van der Waals surface area contributed by atoms with Crippen molar-refractivity contribution < 1.29 is 31.1 Å². The Labute approximate surface area is 256 Å². The van der Waals surface area contributed by atoms with Gasteiger partial charge >= 0.3 is 12.4 Å². The minimum atomic E-state index is -5.03. The third-order valence-corrected chi connectivity index (χ3v) is 8.82. The first-order chi connectivity index (χ1) is 21.4. The van der Waals surface area contributed by atoms with Crippen LogP contribution in [0.5, 0.6) is 0 Å². The van der Waals surface area contributed by atoms with Gasteiger partial charge < -0.3 is 9.30 Å². The number of likely N-dealkylation sites (tertiary alicyclic amines) is 1. The number of hydrogen-bond acceptors (Lipinski definition) is 4. The first-order valence-corrected chi connectivity index (χ1v) is 15.0. The topological polar surface area (TPSA) is 44.1 Å². The zero-order valence-corrected chi connectivity index (χ0v) is 24.4. The van der Waals surface area contributed by atoms with Gasteiger partial charge in [-0.1, -0.05) is 36.4 Å². The Kier molecular flexibility index (Phi) is 8.62. The predicted molar refractivity (Wildman–Crippen MR) is 156 cm³/mol. The molecule has 6 nitrogen and oxygen atoms in total. The SMILES string of the molecule is O=C(c1cc(C(F)(F)F)cc(C(F)(F)F)c1)N1CC[C@H](N2CCN(Cc3cn4ccccc4n3)CC2)C[C@@H]1Cc1ccccc1. The van der Waals surface area contributed by atoms with Crippen molar-refractivity contribution in [3.8, 4) is 0 Å². The second kappa shape index (κ2) is 12.5. The van der Waals surface area contributed by atoms with Crippen LogP contribution in [-0.4, -0.2) is 74.8 Å². The lowest BCUT2D eigenvalue weighted by Gasteiger charge is -2.46. The molecule has 2 atom stereocenters. The molecule has 0 aliphatic carbocycles. The number of alkyl halides is 6. The van der Waals surface area contributed by atoms with Crippen LogP contribution in [0, 0.1) is 0 Å². The van der Waals surface area contributed by atoms with Crippen LogP contribution in [-0.2, 0) is 25.3 Å². The molecule has 2 saturated heterocycles. The van der Waals surface area contributed by atoms with E-state index in [-0.39, 0.29) is 18.7 Å². The van der Waals surface area contributed by atoms with Gasteiger partial charge in [-0.15, -0.1) is 0 Å². The summed E-state index contributed by atoms with van der Waals surface area (Å²) >= 11 is 0. The van der Waals surface area contributed by atoms with Crippen LogP contribution in [0.4, 0.5) is 26.3 Å². The number of carbonyl (C=O) groups excluding carboxylic acids is 1. The van der Waals surface area contributed by atoms with Gasteiger partial charge in [-0.2, -0.15) is 26.3 Å². The second-order valence-electron chi connectivity index (χ2n) is 11.8. The maximum absolute atomic E-state index is 13.7. The lowest BCUT2D eigenvalue weighted by Crippen LogP contribution is -2.56. The Hall–Kier alpha value is -3.90. The highest BCUT2D eigenvalue weighted by Crippen LogP contribution is 2.37. The fourth-order valence-corrected chi connectivity index (χ4v) is 6.53. The number of fused-ring (bicyclic) bond motifs is 1. The van der Waals surface area contributed by atoms with Gasteiger partial charge in [-0.05, 0) is 55.2 Å². The molecule has 2 aliphatic heterocycles. The van der Waals surface area contributed by atoms with Crippen LogP contribution >= 0.6 is 0 Å². The second-order valence-corrected chi connectivity index (χ2v) is 11.8. The molecule has 0 bridgehead atoms. The largest absolute Gasteiger partial charge is 0.416 e. The van der Waals surface area contributed by atoms with E-state index < -0.39 is 41.0 Å². The maximum atomic E-state index is 13.7. The highest BCUT2D eigenvalue weighted by molar-refractivity contribution is 5.95. The minimum Gasteiger partial charge on any atom is -0.335 e. The Balaban J connectivity index is 1.17. The lowest BCUT2D eigenvalue weighted by atomic mass is 9.90. The van der Waals surface area contributed by atoms with E-state index in [0.717, 1.165) is 49.6 Å². The van der Waals surface area contributed by atoms with E-state index in [4.69, 9.17) is 4.98 Å². The molecule has 0 N–H and O–H groups in total. The van der Waals surface area contributed by atoms with Gasteiger partial charge in [0.15, 0.2) is 0 Å². The number of pyridine rings is 1. The first-order valence-electron chi connectivity index (χ1n) is 15.0. The lowest BCUT2D eigenvalue weighted by molar-refractivity contribution is -0.143. The number of halogens is 6. The molecular formula is C33H33F6N5O. The molecule has 1 amide bonds. The minimum absolute atomic E-state index is 0.0547. The molecule has 0 unspecified atom stereocenters. The van der Waals surface area contributed by atoms with Crippen molar-refractivity contribution in [3.63, 3.8) is 0 Å². The van der Waals surface area contributed by atoms with Crippen LogP contribution in [0.3, 0.4) is 0 Å². The molecule has 45 heavy (non-hydrogen) atoms. The molecule has 0 saturated carbocycles. The first kappa shape index (κ1) is 31.1. The monoisotopic (exact) mass is 629 g/mol. The number of hydrogen-bond donors (Lipinski definition) is 0. The van der Waals surface area contributed by atoms with Crippen LogP contribution in [0.2, 0.25) is 0 Å². The number of piperazine rings is 1. The van der Waals surface area contributed by atoms with E-state index in [1.54, 1.807) is 0 Å². The van der Waals surface area contributed by atoms with Crippen molar-refractivity contribution in [2.45, 2.75) is 50.2 Å². The van der Waals surface area contributed by atoms with Gasteiger partial charge in [-0.3, -0.25) is 14.6 Å². The summed E-state index contributed by atoms with van der Waals surface area (Å²) in [4.78, 5) is 24.6. The molecule has 238 valence electrons. The summed E-state index contributed by atoms with van der Waals surface area (Å²) in [5.74, 6) is -0.816. The maximum Gasteiger partial charge on any atom is 0.416 e. The number of rotatable bonds is 6. The molecular weight excluding hydrogens is 596 g/mol. The fourth-order valence-electron chi connectivity index (χ4n) is 6.53. The van der Waals surface area contributed by atoms with Crippen LogP contribution < -0.4 is 0 Å². The van der Waals surface area contributed by atoms with Crippen LogP contribution in [0.1, 0.15) is 45.6 Å². The van der Waals surface area contributed by atoms with Gasteiger partial charge in [-0.25, -0.2) is 4.98 Å². The molecule has 2 aromatic heterocycles. The zero-order chi connectivity index (χ0) is 31.8. The van der Waals surface area contributed by atoms with Gasteiger partial charge in [0.2, 0.25) is 0 Å². The number of piperidine rings is 1. The Morgan fingerprint density at radius 1 is 0.822 bits per heavy atom. The third-order valence-electron chi connectivity index (χ3n) is 8.82. The fraction of sp³-hybridized carbons (Fsp3) is 0.394. The van der Waals surface area contributed by atoms with Gasteiger partial charge in [0.05, 0.1) is 16.8 Å². The van der Waals surface area contributed by atoms with Crippen molar-refractivity contribution in [2.24, 2.45) is 0 Å². The molecule has 12 heteroatoms. The standard InChI is InChI=1S/C33H33F6N5O/c34-32(35,36)25-17-24(18-26(19-25)33(37,38)39)31(45)44-11-9-28(20-29(44)16-23-6-2-1-3-7-23)42-14-12-41(13-15-42)21-27-22-43-10-5-4-8-30(43)40-27/h1-8,10,17-19,22,28-29H,9,11-16,20-21H2/t28-,29-/m0/s1. The van der Waals surface area contributed by atoms with E-state index in [1.165, 1.54) is 4.90 Å². The summed E-state index contributed by atoms with van der Waals surface area (Å²) in [6, 6.07) is 16.2. The van der Waals surface area contributed by atoms with Gasteiger partial charge in [0, 0.05) is 69.3 Å². The highest BCUT2D eigenvalue weighted by atomic mass is 19.4. The van der Waals surface area contributed by atoms with Crippen molar-refractivity contribution >= 4 is 11.6 Å².